The van der Waals surface area contributed by atoms with Gasteiger partial charge in [-0.1, -0.05) is 0 Å². The summed E-state index contributed by atoms with van der Waals surface area (Å²) in [4.78, 5) is 0. The van der Waals surface area contributed by atoms with Gasteiger partial charge in [-0.05, 0) is 0 Å². The van der Waals surface area contributed by atoms with Crippen molar-refractivity contribution in [1.29, 1.82) is 0 Å². The zero-order chi connectivity index (χ0) is 25.6. The van der Waals surface area contributed by atoms with Crippen LogP contribution in [0.25, 0.3) is 22.3 Å². The Morgan fingerprint density at radius 1 is 0.622 bits per heavy atom. The van der Waals surface area contributed by atoms with Crippen LogP contribution in [0.5, 0.6) is 0 Å². The van der Waals surface area contributed by atoms with E-state index in [1.807, 2.05) is 0 Å². The van der Waals surface area contributed by atoms with Gasteiger partial charge in [-0.25, -0.2) is 0 Å². The second-order valence-electron chi connectivity index (χ2n) is 11.2. The first kappa shape index (κ1) is 25.8. The van der Waals surface area contributed by atoms with Crippen LogP contribution in [0, 0.1) is 0 Å². The molecule has 0 aromatic heterocycles. The van der Waals surface area contributed by atoms with Gasteiger partial charge in [0.25, 0.3) is 0 Å². The molecular formula is C33H35Cl2SiZr. The third-order valence-corrected chi connectivity index (χ3v) is 55.8. The van der Waals surface area contributed by atoms with Crippen LogP contribution in [0.2, 0.25) is 12.6 Å². The van der Waals surface area contributed by atoms with Crippen LogP contribution < -0.4 is 6.54 Å². The molecule has 0 saturated carbocycles. The second-order valence-corrected chi connectivity index (χ2v) is 50.4. The van der Waals surface area contributed by atoms with Crippen molar-refractivity contribution in [2.45, 2.75) is 58.0 Å². The minimum absolute atomic E-state index is 0.942. The zero-order valence-corrected chi connectivity index (χ0v) is 27.0. The van der Waals surface area contributed by atoms with Gasteiger partial charge in [0.15, 0.2) is 0 Å². The monoisotopic (exact) mass is 619 g/mol. The fourth-order valence-corrected chi connectivity index (χ4v) is 40.3. The van der Waals surface area contributed by atoms with E-state index in [1.165, 1.54) is 82.8 Å². The van der Waals surface area contributed by atoms with Gasteiger partial charge < -0.3 is 0 Å². The fraction of sp³-hybridized carbons (Fsp3) is 0.273. The van der Waals surface area contributed by atoms with E-state index >= 15 is 0 Å². The van der Waals surface area contributed by atoms with E-state index in [2.05, 4.69) is 98.4 Å². The molecule has 6 rings (SSSR count). The molecule has 0 amide bonds. The Labute approximate surface area is 230 Å². The Bertz CT molecular complexity index is 1390. The van der Waals surface area contributed by atoms with E-state index in [1.54, 1.807) is 0 Å². The predicted molar refractivity (Wildman–Crippen MR) is 162 cm³/mol. The van der Waals surface area contributed by atoms with Crippen LogP contribution in [0.3, 0.4) is 0 Å². The van der Waals surface area contributed by atoms with Gasteiger partial charge in [0.1, 0.15) is 0 Å². The van der Waals surface area contributed by atoms with Gasteiger partial charge in [-0.3, -0.25) is 0 Å². The quantitative estimate of drug-likeness (QED) is 0.118. The van der Waals surface area contributed by atoms with Crippen LogP contribution in [-0.4, -0.2) is 5.92 Å². The van der Waals surface area contributed by atoms with Crippen molar-refractivity contribution >= 4 is 29.5 Å². The van der Waals surface area contributed by atoms with Gasteiger partial charge in [-0.15, -0.1) is 0 Å². The second kappa shape index (κ2) is 9.95. The Balaban J connectivity index is 1.56. The van der Waals surface area contributed by atoms with Crippen LogP contribution in [0.4, 0.5) is 0 Å². The molecule has 0 saturated heterocycles. The van der Waals surface area contributed by atoms with Gasteiger partial charge in [0.05, 0.1) is 0 Å². The standard InChI is InChI=1S/2C13H9.C7H17Si.2ClH.Zr/c2*1-3-7-12-10(5-1)9-11-6-2-4-8-13(11)12;1-3-4-5-6-7-8-2;;;/h2*1-5,7-8H,9H2;8H,3-7H2,1-2H3;2*1H;/q;;;;;+2/p-2. The summed E-state index contributed by atoms with van der Waals surface area (Å²) in [6.07, 6.45) is 6.96. The summed E-state index contributed by atoms with van der Waals surface area (Å²) in [6, 6.07) is 32.6. The van der Waals surface area contributed by atoms with Crippen molar-refractivity contribution in [3.05, 3.63) is 107 Å². The Morgan fingerprint density at radius 2 is 1.11 bits per heavy atom. The molecule has 0 aliphatic heterocycles. The first-order valence-electron chi connectivity index (χ1n) is 13.9. The summed E-state index contributed by atoms with van der Waals surface area (Å²) in [5.41, 5.74) is 11.0. The molecule has 1 atom stereocenters. The Hall–Kier alpha value is -1.44. The third-order valence-electron chi connectivity index (χ3n) is 9.05. The van der Waals surface area contributed by atoms with Crippen LogP contribution >= 0.6 is 17.0 Å². The molecule has 1 unspecified atom stereocenters. The molecule has 0 N–H and O–H groups in total. The molecule has 0 bridgehead atoms. The number of hydrogen-bond acceptors (Lipinski definition) is 0. The summed E-state index contributed by atoms with van der Waals surface area (Å²) < 4.78 is 2.66. The summed E-state index contributed by atoms with van der Waals surface area (Å²) in [7, 11) is 16.8. The SMILES string of the molecule is CCCCCC[SiH](C)[Zr]([Cl])([Cl])([c]1cccc2c1Cc1ccccc1-2)[c]1cccc2c1Cc1ccccc1-2. The summed E-state index contributed by atoms with van der Waals surface area (Å²) in [5, 5.41) is 0. The average Bonchev–Trinajstić information content (AvgIpc) is 3.49. The molecule has 4 aromatic rings. The molecule has 0 fully saturated rings. The van der Waals surface area contributed by atoms with E-state index in [9.17, 15) is 0 Å². The summed E-state index contributed by atoms with van der Waals surface area (Å²) in [5.74, 6) is -1.57. The van der Waals surface area contributed by atoms with E-state index in [4.69, 9.17) is 17.0 Å². The fourth-order valence-electron chi connectivity index (χ4n) is 6.98. The molecule has 0 radical (unpaired) electrons. The topological polar surface area (TPSA) is 0 Å². The van der Waals surface area contributed by atoms with Gasteiger partial charge in [0, 0.05) is 0 Å². The van der Waals surface area contributed by atoms with E-state index < -0.39 is 21.5 Å². The maximum absolute atomic E-state index is 8.40. The third kappa shape index (κ3) is 4.10. The predicted octanol–water partition coefficient (Wildman–Crippen LogP) is 8.71. The van der Waals surface area contributed by atoms with Gasteiger partial charge in [0.2, 0.25) is 0 Å². The molecular weight excluding hydrogens is 587 g/mol. The zero-order valence-electron chi connectivity index (χ0n) is 21.9. The van der Waals surface area contributed by atoms with Crippen LogP contribution in [-0.2, 0) is 28.4 Å². The Kier molecular flexibility index (Phi) is 6.94. The van der Waals surface area contributed by atoms with Gasteiger partial charge >= 0.3 is 233 Å². The molecule has 189 valence electrons. The molecule has 2 aliphatic rings. The normalized spacial score (nSPS) is 15.3. The van der Waals surface area contributed by atoms with Crippen molar-refractivity contribution < 1.29 is 15.6 Å². The molecule has 4 heteroatoms. The first-order chi connectivity index (χ1) is 17.9. The van der Waals surface area contributed by atoms with Gasteiger partial charge in [-0.2, -0.15) is 0 Å². The van der Waals surface area contributed by atoms with E-state index in [-0.39, 0.29) is 0 Å². The van der Waals surface area contributed by atoms with Crippen molar-refractivity contribution in [2.75, 3.05) is 0 Å². The molecule has 0 spiro atoms. The van der Waals surface area contributed by atoms with Crippen molar-refractivity contribution in [2.24, 2.45) is 0 Å². The summed E-state index contributed by atoms with van der Waals surface area (Å²) >= 11 is -4.73. The number of unbranched alkanes of at least 4 members (excludes halogenated alkanes) is 3. The number of fused-ring (bicyclic) bond motifs is 6. The summed E-state index contributed by atoms with van der Waals surface area (Å²) in [6.45, 7) is 4.78. The molecule has 37 heavy (non-hydrogen) atoms. The van der Waals surface area contributed by atoms with Crippen molar-refractivity contribution in [3.63, 3.8) is 0 Å². The Morgan fingerprint density at radius 3 is 1.62 bits per heavy atom. The minimum atomic E-state index is -4.73. The number of hydrogen-bond donors (Lipinski definition) is 0. The van der Waals surface area contributed by atoms with Crippen molar-refractivity contribution in [3.8, 4) is 22.3 Å². The molecule has 0 nitrogen and oxygen atoms in total. The molecule has 2 aliphatic carbocycles. The maximum atomic E-state index is 8.40. The number of rotatable bonds is 8. The first-order valence-corrected chi connectivity index (χ1v) is 29.5. The van der Waals surface area contributed by atoms with E-state index in [0.29, 0.717) is 0 Å². The van der Waals surface area contributed by atoms with Crippen LogP contribution in [0.1, 0.15) is 54.9 Å². The average molecular weight is 622 g/mol. The molecule has 4 aromatic carbocycles. The molecule has 0 heterocycles. The number of benzene rings is 4. The van der Waals surface area contributed by atoms with Crippen molar-refractivity contribution in [1.82, 2.24) is 0 Å². The van der Waals surface area contributed by atoms with Crippen LogP contribution in [0.15, 0.2) is 84.9 Å². The van der Waals surface area contributed by atoms with E-state index in [0.717, 1.165) is 12.8 Å². The number of halogens is 2.